The Bertz CT molecular complexity index is 776. The zero-order chi connectivity index (χ0) is 18.5. The van der Waals surface area contributed by atoms with E-state index in [1.807, 2.05) is 49.4 Å². The summed E-state index contributed by atoms with van der Waals surface area (Å²) in [4.78, 5) is 28.9. The van der Waals surface area contributed by atoms with Gasteiger partial charge in [0.25, 0.3) is 5.91 Å². The van der Waals surface area contributed by atoms with E-state index in [4.69, 9.17) is 4.74 Å². The summed E-state index contributed by atoms with van der Waals surface area (Å²) in [7, 11) is 1.78. The summed E-state index contributed by atoms with van der Waals surface area (Å²) in [5.41, 5.74) is 1.54. The van der Waals surface area contributed by atoms with Gasteiger partial charge in [0.2, 0.25) is 5.91 Å². The van der Waals surface area contributed by atoms with Crippen molar-refractivity contribution in [3.05, 3.63) is 65.7 Å². The van der Waals surface area contributed by atoms with Crippen LogP contribution in [-0.2, 0) is 11.4 Å². The van der Waals surface area contributed by atoms with E-state index in [-0.39, 0.29) is 11.8 Å². The molecule has 0 aliphatic carbocycles. The molecule has 0 spiro atoms. The van der Waals surface area contributed by atoms with E-state index in [9.17, 15) is 9.59 Å². The number of benzene rings is 2. The van der Waals surface area contributed by atoms with Crippen molar-refractivity contribution in [3.8, 4) is 5.75 Å². The molecular weight excluding hydrogens is 328 g/mol. The molecule has 26 heavy (non-hydrogen) atoms. The highest BCUT2D eigenvalue weighted by molar-refractivity contribution is 6.00. The van der Waals surface area contributed by atoms with Gasteiger partial charge in [0.15, 0.2) is 0 Å². The van der Waals surface area contributed by atoms with Gasteiger partial charge in [-0.2, -0.15) is 0 Å². The van der Waals surface area contributed by atoms with Gasteiger partial charge in [0.05, 0.1) is 5.56 Å². The lowest BCUT2D eigenvalue weighted by atomic mass is 10.1. The average molecular weight is 352 g/mol. The van der Waals surface area contributed by atoms with E-state index in [0.717, 1.165) is 5.56 Å². The van der Waals surface area contributed by atoms with Crippen molar-refractivity contribution in [1.29, 1.82) is 0 Å². The van der Waals surface area contributed by atoms with Crippen LogP contribution in [0.4, 0.5) is 0 Å². The minimum atomic E-state index is -0.413. The van der Waals surface area contributed by atoms with Crippen LogP contribution in [0, 0.1) is 0 Å². The molecule has 2 aromatic rings. The Labute approximate surface area is 154 Å². The Morgan fingerprint density at radius 3 is 2.50 bits per heavy atom. The van der Waals surface area contributed by atoms with Gasteiger partial charge in [-0.1, -0.05) is 49.4 Å². The fraction of sp³-hybridized carbons (Fsp3) is 0.333. The number of hydrogen-bond donors (Lipinski definition) is 0. The molecule has 5 heteroatoms. The highest BCUT2D eigenvalue weighted by atomic mass is 16.5. The molecule has 2 aromatic carbocycles. The van der Waals surface area contributed by atoms with Crippen molar-refractivity contribution >= 4 is 11.8 Å². The van der Waals surface area contributed by atoms with Gasteiger partial charge in [-0.05, 0) is 24.1 Å². The van der Waals surface area contributed by atoms with Gasteiger partial charge in [0.1, 0.15) is 18.4 Å². The molecule has 2 amide bonds. The van der Waals surface area contributed by atoms with Crippen LogP contribution in [0.3, 0.4) is 0 Å². The molecule has 0 bridgehead atoms. The molecule has 1 aliphatic rings. The van der Waals surface area contributed by atoms with Gasteiger partial charge in [-0.3, -0.25) is 9.59 Å². The summed E-state index contributed by atoms with van der Waals surface area (Å²) in [6, 6.07) is 16.7. The molecule has 0 unspecified atom stereocenters. The van der Waals surface area contributed by atoms with Crippen LogP contribution in [0.2, 0.25) is 0 Å². The normalized spacial score (nSPS) is 17.3. The molecular formula is C21H24N2O3. The zero-order valence-corrected chi connectivity index (χ0v) is 15.2. The molecule has 1 atom stereocenters. The van der Waals surface area contributed by atoms with Gasteiger partial charge >= 0.3 is 0 Å². The van der Waals surface area contributed by atoms with Gasteiger partial charge in [-0.25, -0.2) is 0 Å². The first-order valence-electron chi connectivity index (χ1n) is 8.93. The van der Waals surface area contributed by atoms with E-state index < -0.39 is 6.04 Å². The number of carbonyl (C=O) groups is 2. The number of likely N-dealkylation sites (N-methyl/N-ethyl adjacent to an activating group) is 1. The van der Waals surface area contributed by atoms with Crippen molar-refractivity contribution in [3.63, 3.8) is 0 Å². The van der Waals surface area contributed by atoms with Crippen LogP contribution in [0.5, 0.6) is 5.75 Å². The second kappa shape index (κ2) is 8.04. The van der Waals surface area contributed by atoms with Crippen molar-refractivity contribution in [1.82, 2.24) is 9.80 Å². The molecule has 0 N–H and O–H groups in total. The largest absolute Gasteiger partial charge is 0.488 e. The minimum Gasteiger partial charge on any atom is -0.488 e. The van der Waals surface area contributed by atoms with E-state index in [1.54, 1.807) is 29.0 Å². The van der Waals surface area contributed by atoms with Crippen LogP contribution in [0.1, 0.15) is 29.3 Å². The Morgan fingerprint density at radius 1 is 1.08 bits per heavy atom. The van der Waals surface area contributed by atoms with Crippen LogP contribution in [0.15, 0.2) is 54.6 Å². The number of piperazine rings is 1. The van der Waals surface area contributed by atoms with Crippen molar-refractivity contribution in [2.45, 2.75) is 26.0 Å². The third kappa shape index (κ3) is 3.72. The average Bonchev–Trinajstić information content (AvgIpc) is 2.69. The predicted molar refractivity (Wildman–Crippen MR) is 100.0 cm³/mol. The molecule has 5 nitrogen and oxygen atoms in total. The molecule has 1 aliphatic heterocycles. The Kier molecular flexibility index (Phi) is 5.56. The Balaban J connectivity index is 1.80. The van der Waals surface area contributed by atoms with Crippen molar-refractivity contribution in [2.24, 2.45) is 0 Å². The maximum Gasteiger partial charge on any atom is 0.258 e. The van der Waals surface area contributed by atoms with E-state index in [2.05, 4.69) is 0 Å². The zero-order valence-electron chi connectivity index (χ0n) is 15.2. The lowest BCUT2D eigenvalue weighted by Crippen LogP contribution is -2.57. The number of para-hydroxylation sites is 1. The van der Waals surface area contributed by atoms with Crippen LogP contribution in [0.25, 0.3) is 0 Å². The SMILES string of the molecule is CC[C@H]1C(=O)N(C)CCN1C(=O)c1ccccc1OCc1ccccc1. The maximum absolute atomic E-state index is 13.1. The molecule has 0 saturated carbocycles. The third-order valence-electron chi connectivity index (χ3n) is 4.72. The monoisotopic (exact) mass is 352 g/mol. The van der Waals surface area contributed by atoms with E-state index in [1.165, 1.54) is 0 Å². The van der Waals surface area contributed by atoms with Crippen LogP contribution >= 0.6 is 0 Å². The molecule has 3 rings (SSSR count). The summed E-state index contributed by atoms with van der Waals surface area (Å²) in [6.45, 7) is 3.41. The van der Waals surface area contributed by atoms with E-state index >= 15 is 0 Å². The molecule has 0 radical (unpaired) electrons. The summed E-state index contributed by atoms with van der Waals surface area (Å²) in [5.74, 6) is 0.388. The quantitative estimate of drug-likeness (QED) is 0.831. The number of rotatable bonds is 5. The first-order chi connectivity index (χ1) is 12.6. The number of nitrogens with zero attached hydrogens (tertiary/aromatic N) is 2. The molecule has 0 aromatic heterocycles. The predicted octanol–water partition coefficient (Wildman–Crippen LogP) is 2.96. The summed E-state index contributed by atoms with van der Waals surface area (Å²) < 4.78 is 5.91. The topological polar surface area (TPSA) is 49.9 Å². The van der Waals surface area contributed by atoms with E-state index in [0.29, 0.717) is 37.4 Å². The van der Waals surface area contributed by atoms with Crippen molar-refractivity contribution in [2.75, 3.05) is 20.1 Å². The lowest BCUT2D eigenvalue weighted by Gasteiger charge is -2.39. The third-order valence-corrected chi connectivity index (χ3v) is 4.72. The van der Waals surface area contributed by atoms with Crippen molar-refractivity contribution < 1.29 is 14.3 Å². The number of ether oxygens (including phenoxy) is 1. The molecule has 1 heterocycles. The smallest absolute Gasteiger partial charge is 0.258 e. The first-order valence-corrected chi connectivity index (χ1v) is 8.93. The second-order valence-electron chi connectivity index (χ2n) is 6.45. The molecule has 1 fully saturated rings. The number of carbonyl (C=O) groups excluding carboxylic acids is 2. The second-order valence-corrected chi connectivity index (χ2v) is 6.45. The first kappa shape index (κ1) is 18.0. The van der Waals surface area contributed by atoms with Gasteiger partial charge < -0.3 is 14.5 Å². The summed E-state index contributed by atoms with van der Waals surface area (Å²) >= 11 is 0. The van der Waals surface area contributed by atoms with Crippen LogP contribution in [-0.4, -0.2) is 47.8 Å². The van der Waals surface area contributed by atoms with Crippen LogP contribution < -0.4 is 4.74 Å². The number of hydrogen-bond acceptors (Lipinski definition) is 3. The minimum absolute atomic E-state index is 0.00483. The Morgan fingerprint density at radius 2 is 1.77 bits per heavy atom. The summed E-state index contributed by atoms with van der Waals surface area (Å²) in [6.07, 6.45) is 0.599. The molecule has 136 valence electrons. The standard InChI is InChI=1S/C21H24N2O3/c1-3-18-21(25)22(2)13-14-23(18)20(24)17-11-7-8-12-19(17)26-15-16-9-5-4-6-10-16/h4-12,18H,3,13-15H2,1-2H3/t18-/m0/s1. The van der Waals surface area contributed by atoms with Gasteiger partial charge in [-0.15, -0.1) is 0 Å². The highest BCUT2D eigenvalue weighted by Crippen LogP contribution is 2.24. The fourth-order valence-corrected chi connectivity index (χ4v) is 3.21. The summed E-state index contributed by atoms with van der Waals surface area (Å²) in [5, 5.41) is 0. The Hall–Kier alpha value is -2.82. The maximum atomic E-state index is 13.1. The molecule has 1 saturated heterocycles. The fourth-order valence-electron chi connectivity index (χ4n) is 3.21. The lowest BCUT2D eigenvalue weighted by molar-refractivity contribution is -0.138. The van der Waals surface area contributed by atoms with Gasteiger partial charge in [0, 0.05) is 20.1 Å². The highest BCUT2D eigenvalue weighted by Gasteiger charge is 2.35. The number of amides is 2.